The second-order valence-electron chi connectivity index (χ2n) is 7.29. The first-order valence-corrected chi connectivity index (χ1v) is 11.9. The van der Waals surface area contributed by atoms with E-state index in [9.17, 15) is 4.39 Å². The van der Waals surface area contributed by atoms with E-state index in [1.165, 1.54) is 16.8 Å². The van der Waals surface area contributed by atoms with Gasteiger partial charge in [-0.25, -0.2) is 4.39 Å². The highest BCUT2D eigenvalue weighted by molar-refractivity contribution is 9.10. The molecular weight excluding hydrogens is 483 g/mol. The van der Waals surface area contributed by atoms with Gasteiger partial charge >= 0.3 is 0 Å². The van der Waals surface area contributed by atoms with Crippen molar-refractivity contribution < 1.29 is 4.39 Å². The Bertz CT molecular complexity index is 1020. The summed E-state index contributed by atoms with van der Waals surface area (Å²) in [5, 5.41) is 2.17. The second-order valence-corrected chi connectivity index (χ2v) is 9.29. The molecule has 0 radical (unpaired) electrons. The van der Waals surface area contributed by atoms with Crippen LogP contribution < -0.4 is 5.36 Å². The Morgan fingerprint density at radius 3 is 2.43 bits per heavy atom. The minimum absolute atomic E-state index is 0. The maximum absolute atomic E-state index is 13.4. The molecule has 0 aliphatic carbocycles. The van der Waals surface area contributed by atoms with E-state index in [4.69, 9.17) is 4.99 Å². The number of rotatable bonds is 8. The number of benzene rings is 2. The number of hydrogen-bond donors (Lipinski definition) is 0. The van der Waals surface area contributed by atoms with Crippen LogP contribution in [0.15, 0.2) is 58.0 Å². The first kappa shape index (κ1) is 25.0. The summed E-state index contributed by atoms with van der Waals surface area (Å²) in [4.78, 5) is 8.63. The Kier molecular flexibility index (Phi) is 9.95. The van der Waals surface area contributed by atoms with Crippen LogP contribution in [0.2, 0.25) is 0 Å². The van der Waals surface area contributed by atoms with Crippen LogP contribution in [0.4, 0.5) is 4.39 Å². The van der Waals surface area contributed by atoms with Crippen molar-refractivity contribution in [2.45, 2.75) is 39.7 Å². The van der Waals surface area contributed by atoms with Gasteiger partial charge in [0.1, 0.15) is 5.82 Å². The van der Waals surface area contributed by atoms with Crippen molar-refractivity contribution in [3.05, 3.63) is 64.2 Å². The van der Waals surface area contributed by atoms with Crippen LogP contribution in [0.5, 0.6) is 0 Å². The molecule has 1 aromatic heterocycles. The van der Waals surface area contributed by atoms with Gasteiger partial charge in [0.15, 0.2) is 0 Å². The highest BCUT2D eigenvalue weighted by Crippen LogP contribution is 2.29. The van der Waals surface area contributed by atoms with Gasteiger partial charge in [-0.3, -0.25) is 4.99 Å². The van der Waals surface area contributed by atoms with Crippen molar-refractivity contribution in [3.8, 4) is 10.4 Å². The smallest absolute Gasteiger partial charge is 0.123 e. The lowest BCUT2D eigenvalue weighted by molar-refractivity contribution is 0.294. The molecule has 0 saturated heterocycles. The zero-order chi connectivity index (χ0) is 20.8. The molecule has 2 nitrogen and oxygen atoms in total. The van der Waals surface area contributed by atoms with Gasteiger partial charge in [0.25, 0.3) is 0 Å². The largest absolute Gasteiger partial charge is 0.304 e. The third-order valence-corrected chi connectivity index (χ3v) is 6.83. The molecule has 0 N–H and O–H groups in total. The van der Waals surface area contributed by atoms with Gasteiger partial charge in [-0.15, -0.1) is 23.7 Å². The summed E-state index contributed by atoms with van der Waals surface area (Å²) in [6.07, 6.45) is 2.21. The minimum Gasteiger partial charge on any atom is -0.304 e. The van der Waals surface area contributed by atoms with Gasteiger partial charge in [0.2, 0.25) is 0 Å². The van der Waals surface area contributed by atoms with Crippen LogP contribution >= 0.6 is 39.7 Å². The third-order valence-electron chi connectivity index (χ3n) is 5.18. The molecule has 1 unspecified atom stereocenters. The van der Waals surface area contributed by atoms with E-state index in [0.717, 1.165) is 58.1 Å². The predicted molar refractivity (Wildman–Crippen MR) is 134 cm³/mol. The summed E-state index contributed by atoms with van der Waals surface area (Å²) in [6, 6.07) is 15.4. The van der Waals surface area contributed by atoms with Crippen LogP contribution in [-0.2, 0) is 0 Å². The fraction of sp³-hybridized carbons (Fsp3) is 0.375. The zero-order valence-electron chi connectivity index (χ0n) is 17.7. The van der Waals surface area contributed by atoms with E-state index >= 15 is 0 Å². The average molecular weight is 512 g/mol. The Hall–Kier alpha value is -1.27. The van der Waals surface area contributed by atoms with E-state index in [2.05, 4.69) is 65.9 Å². The molecule has 0 aliphatic heterocycles. The molecule has 0 amide bonds. The fourth-order valence-electron chi connectivity index (χ4n) is 3.46. The molecule has 3 aromatic rings. The minimum atomic E-state index is -0.213. The Labute approximate surface area is 197 Å². The fourth-order valence-corrected chi connectivity index (χ4v) is 4.89. The maximum Gasteiger partial charge on any atom is 0.123 e. The molecule has 162 valence electrons. The molecule has 0 fully saturated rings. The summed E-state index contributed by atoms with van der Waals surface area (Å²) in [7, 11) is 0. The number of fused-ring (bicyclic) bond motifs is 1. The molecule has 3 rings (SSSR count). The molecule has 1 atom stereocenters. The molecule has 0 bridgehead atoms. The van der Waals surface area contributed by atoms with E-state index in [-0.39, 0.29) is 24.3 Å². The Balaban J connectivity index is 0.00000320. The Morgan fingerprint density at radius 2 is 1.77 bits per heavy atom. The van der Waals surface area contributed by atoms with E-state index in [1.807, 2.05) is 12.1 Å². The molecule has 30 heavy (non-hydrogen) atoms. The Morgan fingerprint density at radius 1 is 1.07 bits per heavy atom. The van der Waals surface area contributed by atoms with E-state index in [0.29, 0.717) is 0 Å². The van der Waals surface area contributed by atoms with Gasteiger partial charge < -0.3 is 4.90 Å². The second kappa shape index (κ2) is 11.9. The van der Waals surface area contributed by atoms with E-state index in [1.54, 1.807) is 11.3 Å². The molecule has 0 spiro atoms. The maximum atomic E-state index is 13.4. The van der Waals surface area contributed by atoms with Gasteiger partial charge in [0.05, 0.1) is 5.36 Å². The van der Waals surface area contributed by atoms with Gasteiger partial charge in [-0.2, -0.15) is 0 Å². The number of nitrogens with zero attached hydrogens (tertiary/aromatic N) is 2. The first-order chi connectivity index (χ1) is 14.0. The quantitative estimate of drug-likeness (QED) is 0.310. The summed E-state index contributed by atoms with van der Waals surface area (Å²) < 4.78 is 15.6. The summed E-state index contributed by atoms with van der Waals surface area (Å²) in [5.74, 6) is -0.213. The summed E-state index contributed by atoms with van der Waals surface area (Å²) in [5.41, 5.74) is 1.02. The molecule has 0 saturated carbocycles. The van der Waals surface area contributed by atoms with Gasteiger partial charge in [-0.1, -0.05) is 41.9 Å². The first-order valence-electron chi connectivity index (χ1n) is 10.3. The van der Waals surface area contributed by atoms with Crippen molar-refractivity contribution in [1.29, 1.82) is 0 Å². The highest BCUT2D eigenvalue weighted by Gasteiger charge is 2.08. The monoisotopic (exact) mass is 510 g/mol. The highest BCUT2D eigenvalue weighted by atomic mass is 79.9. The lowest BCUT2D eigenvalue weighted by atomic mass is 10.1. The van der Waals surface area contributed by atoms with Crippen LogP contribution in [0.3, 0.4) is 0 Å². The van der Waals surface area contributed by atoms with Crippen molar-refractivity contribution in [2.24, 2.45) is 4.99 Å². The third kappa shape index (κ3) is 6.61. The molecule has 1 heterocycles. The lowest BCUT2D eigenvalue weighted by Gasteiger charge is -2.18. The van der Waals surface area contributed by atoms with Crippen molar-refractivity contribution >= 4 is 49.8 Å². The SMILES string of the molecule is CCN(CC)CCCC(C)N=c1cc(-c2ccc(F)cc2)sc2ccc(Br)cc12.Cl. The normalized spacial score (nSPS) is 12.9. The molecule has 2 aromatic carbocycles. The van der Waals surface area contributed by atoms with Crippen molar-refractivity contribution in [3.63, 3.8) is 0 Å². The lowest BCUT2D eigenvalue weighted by Crippen LogP contribution is -2.24. The topological polar surface area (TPSA) is 15.6 Å². The number of hydrogen-bond acceptors (Lipinski definition) is 3. The van der Waals surface area contributed by atoms with Crippen molar-refractivity contribution in [1.82, 2.24) is 4.90 Å². The average Bonchev–Trinajstić information content (AvgIpc) is 2.72. The standard InChI is InChI=1S/C24H28BrFN2S.ClH/c1-4-28(5-2)14-6-7-17(3)27-22-16-24(18-8-11-20(26)12-9-18)29-23-13-10-19(25)15-21(22)23;/h8-13,15-17H,4-7,14H2,1-3H3;1H. The van der Waals surface area contributed by atoms with Crippen LogP contribution in [0, 0.1) is 5.82 Å². The molecular formula is C24H29BrClFN2S. The van der Waals surface area contributed by atoms with Crippen LogP contribution in [0.1, 0.15) is 33.6 Å². The molecule has 6 heteroatoms. The summed E-state index contributed by atoms with van der Waals surface area (Å²) in [6.45, 7) is 9.94. The van der Waals surface area contributed by atoms with Crippen LogP contribution in [-0.4, -0.2) is 30.6 Å². The zero-order valence-corrected chi connectivity index (χ0v) is 20.9. The summed E-state index contributed by atoms with van der Waals surface area (Å²) >= 11 is 5.31. The van der Waals surface area contributed by atoms with Crippen molar-refractivity contribution in [2.75, 3.05) is 19.6 Å². The predicted octanol–water partition coefficient (Wildman–Crippen LogP) is 7.30. The van der Waals surface area contributed by atoms with Gasteiger partial charge in [-0.05, 0) is 81.4 Å². The van der Waals surface area contributed by atoms with Crippen LogP contribution in [0.25, 0.3) is 20.5 Å². The van der Waals surface area contributed by atoms with E-state index < -0.39 is 0 Å². The number of halogens is 3. The van der Waals surface area contributed by atoms with Gasteiger partial charge in [0, 0.05) is 25.5 Å². The molecule has 0 aliphatic rings.